The van der Waals surface area contributed by atoms with E-state index in [2.05, 4.69) is 26.4 Å². The molecule has 1 N–H and O–H groups in total. The molecule has 0 bridgehead atoms. The molecule has 1 amide bonds. The van der Waals surface area contributed by atoms with Gasteiger partial charge in [0.25, 0.3) is 5.91 Å². The van der Waals surface area contributed by atoms with Gasteiger partial charge in [0, 0.05) is 10.4 Å². The van der Waals surface area contributed by atoms with Gasteiger partial charge in [-0.2, -0.15) is 0 Å². The van der Waals surface area contributed by atoms with Crippen molar-refractivity contribution >= 4 is 21.8 Å². The fourth-order valence-electron chi connectivity index (χ4n) is 2.19. The van der Waals surface area contributed by atoms with Crippen molar-refractivity contribution in [1.82, 2.24) is 10.5 Å². The molecule has 4 nitrogen and oxygen atoms in total. The predicted molar refractivity (Wildman–Crippen MR) is 85.4 cm³/mol. The van der Waals surface area contributed by atoms with Crippen LogP contribution in [0, 0.1) is 6.92 Å². The van der Waals surface area contributed by atoms with Gasteiger partial charge in [-0.05, 0) is 31.5 Å². The number of halogens is 1. The van der Waals surface area contributed by atoms with Gasteiger partial charge in [0.1, 0.15) is 5.56 Å². The topological polar surface area (TPSA) is 55.1 Å². The number of hydrogen-bond donors (Lipinski definition) is 1. The molecule has 0 aliphatic heterocycles. The van der Waals surface area contributed by atoms with E-state index in [1.54, 1.807) is 6.92 Å². The summed E-state index contributed by atoms with van der Waals surface area (Å²) in [4.78, 5) is 12.5. The first-order valence-electron chi connectivity index (χ1n) is 6.92. The van der Waals surface area contributed by atoms with Crippen LogP contribution < -0.4 is 5.32 Å². The molecule has 0 saturated carbocycles. The Morgan fingerprint density at radius 1 is 1.33 bits per heavy atom. The van der Waals surface area contributed by atoms with E-state index in [0.717, 1.165) is 10.0 Å². The van der Waals surface area contributed by atoms with Crippen LogP contribution in [0.15, 0.2) is 33.3 Å². The summed E-state index contributed by atoms with van der Waals surface area (Å²) >= 11 is 3.44. The van der Waals surface area contributed by atoms with Crippen LogP contribution in [0.1, 0.15) is 60.1 Å². The Balaban J connectivity index is 2.20. The molecule has 0 spiro atoms. The first-order chi connectivity index (χ1) is 9.90. The number of hydrogen-bond acceptors (Lipinski definition) is 3. The third-order valence-electron chi connectivity index (χ3n) is 3.34. The Morgan fingerprint density at radius 3 is 2.67 bits per heavy atom. The molecule has 0 fully saturated rings. The lowest BCUT2D eigenvalue weighted by molar-refractivity contribution is 0.0937. The van der Waals surface area contributed by atoms with E-state index in [-0.39, 0.29) is 17.9 Å². The van der Waals surface area contributed by atoms with E-state index in [4.69, 9.17) is 4.52 Å². The predicted octanol–water partition coefficient (Wildman–Crippen LogP) is 4.36. The normalized spacial score (nSPS) is 12.5. The van der Waals surface area contributed by atoms with Crippen LogP contribution >= 0.6 is 15.9 Å². The minimum atomic E-state index is -0.148. The van der Waals surface area contributed by atoms with Crippen LogP contribution in [0.2, 0.25) is 0 Å². The average molecular weight is 351 g/mol. The highest BCUT2D eigenvalue weighted by Crippen LogP contribution is 2.24. The molecule has 0 saturated heterocycles. The van der Waals surface area contributed by atoms with E-state index >= 15 is 0 Å². The maximum absolute atomic E-state index is 12.5. The summed E-state index contributed by atoms with van der Waals surface area (Å²) in [7, 11) is 0. The van der Waals surface area contributed by atoms with Crippen LogP contribution in [0.3, 0.4) is 0 Å². The van der Waals surface area contributed by atoms with Gasteiger partial charge >= 0.3 is 0 Å². The van der Waals surface area contributed by atoms with Gasteiger partial charge < -0.3 is 9.84 Å². The fraction of sp³-hybridized carbons (Fsp3) is 0.375. The molecule has 0 radical (unpaired) electrons. The van der Waals surface area contributed by atoms with Crippen molar-refractivity contribution in [2.24, 2.45) is 0 Å². The molecular weight excluding hydrogens is 332 g/mol. The Kier molecular flexibility index (Phi) is 4.83. The number of amides is 1. The molecule has 0 unspecified atom stereocenters. The summed E-state index contributed by atoms with van der Waals surface area (Å²) < 4.78 is 6.26. The van der Waals surface area contributed by atoms with Crippen LogP contribution in [0.25, 0.3) is 0 Å². The van der Waals surface area contributed by atoms with Gasteiger partial charge in [0.2, 0.25) is 0 Å². The lowest BCUT2D eigenvalue weighted by Gasteiger charge is -2.15. The van der Waals surface area contributed by atoms with Crippen molar-refractivity contribution in [3.05, 3.63) is 51.3 Å². The summed E-state index contributed by atoms with van der Waals surface area (Å²) in [6.07, 6.45) is 0. The molecule has 1 atom stereocenters. The average Bonchev–Trinajstić information content (AvgIpc) is 2.80. The Morgan fingerprint density at radius 2 is 2.05 bits per heavy atom. The maximum Gasteiger partial charge on any atom is 0.257 e. The van der Waals surface area contributed by atoms with Gasteiger partial charge in [-0.15, -0.1) is 0 Å². The second-order valence-electron chi connectivity index (χ2n) is 5.41. The fourth-order valence-corrected chi connectivity index (χ4v) is 2.60. The van der Waals surface area contributed by atoms with Crippen molar-refractivity contribution in [3.63, 3.8) is 0 Å². The van der Waals surface area contributed by atoms with Gasteiger partial charge in [-0.3, -0.25) is 4.79 Å². The van der Waals surface area contributed by atoms with E-state index in [0.29, 0.717) is 17.0 Å². The Hall–Kier alpha value is -1.62. The van der Waals surface area contributed by atoms with Crippen LogP contribution in [-0.4, -0.2) is 11.1 Å². The summed E-state index contributed by atoms with van der Waals surface area (Å²) in [6, 6.07) is 7.80. The lowest BCUT2D eigenvalue weighted by Crippen LogP contribution is -2.27. The summed E-state index contributed by atoms with van der Waals surface area (Å²) in [5, 5.41) is 6.91. The van der Waals surface area contributed by atoms with Gasteiger partial charge in [0.05, 0.1) is 11.7 Å². The molecule has 0 aliphatic carbocycles. The molecule has 21 heavy (non-hydrogen) atoms. The zero-order valence-electron chi connectivity index (χ0n) is 12.6. The molecule has 1 aromatic heterocycles. The maximum atomic E-state index is 12.5. The van der Waals surface area contributed by atoms with Crippen LogP contribution in [-0.2, 0) is 0 Å². The molecule has 2 rings (SSSR count). The minimum Gasteiger partial charge on any atom is -0.360 e. The van der Waals surface area contributed by atoms with Crippen molar-refractivity contribution < 1.29 is 9.32 Å². The van der Waals surface area contributed by atoms with E-state index in [9.17, 15) is 4.79 Å². The highest BCUT2D eigenvalue weighted by atomic mass is 79.9. The van der Waals surface area contributed by atoms with Crippen molar-refractivity contribution in [3.8, 4) is 0 Å². The van der Waals surface area contributed by atoms with Gasteiger partial charge in [-0.25, -0.2) is 0 Å². The smallest absolute Gasteiger partial charge is 0.257 e. The summed E-state index contributed by atoms with van der Waals surface area (Å²) in [6.45, 7) is 7.70. The highest BCUT2D eigenvalue weighted by molar-refractivity contribution is 9.10. The van der Waals surface area contributed by atoms with Crippen molar-refractivity contribution in [1.29, 1.82) is 0 Å². The van der Waals surface area contributed by atoms with E-state index in [1.807, 2.05) is 45.0 Å². The quantitative estimate of drug-likeness (QED) is 0.890. The first-order valence-corrected chi connectivity index (χ1v) is 7.72. The Labute approximate surface area is 133 Å². The zero-order chi connectivity index (χ0) is 15.6. The van der Waals surface area contributed by atoms with Crippen LogP contribution in [0.5, 0.6) is 0 Å². The molecule has 0 aliphatic rings. The molecule has 1 heterocycles. The number of aryl methyl sites for hydroxylation is 1. The van der Waals surface area contributed by atoms with Crippen LogP contribution in [0.4, 0.5) is 0 Å². The van der Waals surface area contributed by atoms with E-state index in [1.165, 1.54) is 0 Å². The zero-order valence-corrected chi connectivity index (χ0v) is 14.2. The summed E-state index contributed by atoms with van der Waals surface area (Å²) in [5.41, 5.74) is 2.21. The van der Waals surface area contributed by atoms with Crippen molar-refractivity contribution in [2.75, 3.05) is 0 Å². The Bertz CT molecular complexity index is 649. The standard InChI is InChI=1S/C16H19BrN2O2/c1-9(2)15-14(11(4)19-21-15)16(20)18-10(3)12-6-5-7-13(17)8-12/h5-10H,1-4H3,(H,18,20)/t10-/m0/s1. The number of benzene rings is 1. The molecule has 2 aromatic rings. The van der Waals surface area contributed by atoms with E-state index < -0.39 is 0 Å². The highest BCUT2D eigenvalue weighted by Gasteiger charge is 2.23. The number of rotatable bonds is 4. The minimum absolute atomic E-state index is 0.0932. The SMILES string of the molecule is Cc1noc(C(C)C)c1C(=O)N[C@@H](C)c1cccc(Br)c1. The largest absolute Gasteiger partial charge is 0.360 e. The molecule has 1 aromatic carbocycles. The van der Waals surface area contributed by atoms with Gasteiger partial charge in [-0.1, -0.05) is 47.1 Å². The second-order valence-corrected chi connectivity index (χ2v) is 6.33. The van der Waals surface area contributed by atoms with Crippen molar-refractivity contribution in [2.45, 2.75) is 39.7 Å². The number of nitrogens with zero attached hydrogens (tertiary/aromatic N) is 1. The summed E-state index contributed by atoms with van der Waals surface area (Å²) in [5.74, 6) is 0.601. The lowest BCUT2D eigenvalue weighted by atomic mass is 10.0. The number of nitrogens with one attached hydrogen (secondary N) is 1. The third kappa shape index (κ3) is 3.53. The monoisotopic (exact) mass is 350 g/mol. The molecular formula is C16H19BrN2O2. The number of aromatic nitrogens is 1. The number of carbonyl (C=O) groups is 1. The molecule has 112 valence electrons. The third-order valence-corrected chi connectivity index (χ3v) is 3.83. The second kappa shape index (κ2) is 6.43. The van der Waals surface area contributed by atoms with Gasteiger partial charge in [0.15, 0.2) is 5.76 Å². The molecule has 5 heteroatoms. The number of carbonyl (C=O) groups excluding carboxylic acids is 1. The first kappa shape index (κ1) is 15.8.